The quantitative estimate of drug-likeness (QED) is 0.722. The zero-order chi connectivity index (χ0) is 14.3. The van der Waals surface area contributed by atoms with Gasteiger partial charge in [0.1, 0.15) is 6.04 Å². The van der Waals surface area contributed by atoms with Crippen molar-refractivity contribution in [1.29, 1.82) is 0 Å². The van der Waals surface area contributed by atoms with E-state index in [9.17, 15) is 9.59 Å². The molecule has 5 nitrogen and oxygen atoms in total. The highest BCUT2D eigenvalue weighted by Gasteiger charge is 2.20. The number of rotatable bonds is 7. The minimum absolute atomic E-state index is 0.138. The van der Waals surface area contributed by atoms with Gasteiger partial charge >= 0.3 is 12.0 Å². The molecule has 2 amide bonds. The molecule has 0 radical (unpaired) electrons. The van der Waals surface area contributed by atoms with E-state index in [1.807, 2.05) is 30.0 Å². The molecule has 1 aromatic heterocycles. The minimum atomic E-state index is -1.01. The van der Waals surface area contributed by atoms with Crippen LogP contribution in [0.1, 0.15) is 24.9 Å². The summed E-state index contributed by atoms with van der Waals surface area (Å²) in [6.45, 7) is 1.86. The first-order chi connectivity index (χ1) is 9.04. The predicted octanol–water partition coefficient (Wildman–Crippen LogP) is 2.31. The van der Waals surface area contributed by atoms with Crippen molar-refractivity contribution < 1.29 is 14.7 Å². The molecule has 0 fully saturated rings. The first kappa shape index (κ1) is 15.8. The summed E-state index contributed by atoms with van der Waals surface area (Å²) in [5.74, 6) is -0.315. The first-order valence-corrected chi connectivity index (χ1v) is 8.19. The van der Waals surface area contributed by atoms with Gasteiger partial charge in [-0.25, -0.2) is 9.59 Å². The Kier molecular flexibility index (Phi) is 6.72. The van der Waals surface area contributed by atoms with Gasteiger partial charge in [-0.2, -0.15) is 23.1 Å². The smallest absolute Gasteiger partial charge is 0.326 e. The van der Waals surface area contributed by atoms with Crippen LogP contribution >= 0.6 is 23.1 Å². The highest BCUT2D eigenvalue weighted by atomic mass is 32.2. The van der Waals surface area contributed by atoms with Crippen LogP contribution in [0.25, 0.3) is 0 Å². The molecule has 0 aliphatic rings. The monoisotopic (exact) mass is 302 g/mol. The number of urea groups is 1. The van der Waals surface area contributed by atoms with Crippen LogP contribution in [-0.2, 0) is 4.79 Å². The fraction of sp³-hybridized carbons (Fsp3) is 0.500. The molecule has 1 heterocycles. The second-order valence-corrected chi connectivity index (χ2v) is 5.83. The Labute approximate surface area is 120 Å². The number of nitrogens with one attached hydrogen (secondary N) is 2. The molecule has 0 aromatic carbocycles. The second kappa shape index (κ2) is 8.06. The predicted molar refractivity (Wildman–Crippen MR) is 78.8 cm³/mol. The molecule has 106 valence electrons. The molecule has 7 heteroatoms. The molecule has 2 atom stereocenters. The van der Waals surface area contributed by atoms with Gasteiger partial charge in [-0.15, -0.1) is 0 Å². The van der Waals surface area contributed by atoms with Gasteiger partial charge in [0, 0.05) is 0 Å². The third kappa shape index (κ3) is 5.52. The summed E-state index contributed by atoms with van der Waals surface area (Å²) in [5, 5.41) is 18.1. The molecule has 0 aliphatic carbocycles. The standard InChI is InChI=1S/C12H18N2O3S2/c1-8(9-3-6-19-7-9)13-12(17)14-10(11(15)16)4-5-18-2/h3,6-8,10H,4-5H2,1-2H3,(H,15,16)(H2,13,14,17)/t8?,10-/m0/s1. The van der Waals surface area contributed by atoms with Crippen LogP contribution in [0.3, 0.4) is 0 Å². The fourth-order valence-corrected chi connectivity index (χ4v) is 2.72. The van der Waals surface area contributed by atoms with Crippen LogP contribution in [-0.4, -0.2) is 35.2 Å². The molecule has 0 saturated carbocycles. The normalized spacial score (nSPS) is 13.6. The van der Waals surface area contributed by atoms with Crippen LogP contribution in [0.15, 0.2) is 16.8 Å². The molecule has 3 N–H and O–H groups in total. The number of amides is 2. The molecule has 1 aromatic rings. The molecule has 0 bridgehead atoms. The van der Waals surface area contributed by atoms with E-state index in [0.29, 0.717) is 12.2 Å². The lowest BCUT2D eigenvalue weighted by atomic mass is 10.2. The van der Waals surface area contributed by atoms with Gasteiger partial charge < -0.3 is 15.7 Å². The number of carboxylic acid groups (broad SMARTS) is 1. The van der Waals surface area contributed by atoms with Crippen molar-refractivity contribution in [3.63, 3.8) is 0 Å². The highest BCUT2D eigenvalue weighted by Crippen LogP contribution is 2.15. The molecule has 1 unspecified atom stereocenters. The maximum Gasteiger partial charge on any atom is 0.326 e. The zero-order valence-corrected chi connectivity index (χ0v) is 12.5. The maximum atomic E-state index is 11.7. The Morgan fingerprint density at radius 3 is 2.74 bits per heavy atom. The second-order valence-electron chi connectivity index (χ2n) is 4.07. The van der Waals surface area contributed by atoms with Gasteiger partial charge in [0.25, 0.3) is 0 Å². The van der Waals surface area contributed by atoms with Crippen LogP contribution in [0.2, 0.25) is 0 Å². The number of thioether (sulfide) groups is 1. The van der Waals surface area contributed by atoms with Crippen molar-refractivity contribution in [3.8, 4) is 0 Å². The zero-order valence-electron chi connectivity index (χ0n) is 10.9. The number of hydrogen-bond acceptors (Lipinski definition) is 4. The van der Waals surface area contributed by atoms with E-state index in [4.69, 9.17) is 5.11 Å². The van der Waals surface area contributed by atoms with Crippen LogP contribution in [0.4, 0.5) is 4.79 Å². The summed E-state index contributed by atoms with van der Waals surface area (Å²) < 4.78 is 0. The van der Waals surface area contributed by atoms with E-state index >= 15 is 0 Å². The average molecular weight is 302 g/mol. The Balaban J connectivity index is 2.46. The van der Waals surface area contributed by atoms with Gasteiger partial charge in [-0.1, -0.05) is 0 Å². The number of thiophene rings is 1. The van der Waals surface area contributed by atoms with Crippen molar-refractivity contribution in [2.75, 3.05) is 12.0 Å². The summed E-state index contributed by atoms with van der Waals surface area (Å²) in [7, 11) is 0. The Morgan fingerprint density at radius 1 is 1.47 bits per heavy atom. The van der Waals surface area contributed by atoms with Crippen molar-refractivity contribution in [3.05, 3.63) is 22.4 Å². The average Bonchev–Trinajstić information content (AvgIpc) is 2.87. The Morgan fingerprint density at radius 2 is 2.21 bits per heavy atom. The minimum Gasteiger partial charge on any atom is -0.480 e. The van der Waals surface area contributed by atoms with E-state index < -0.39 is 18.0 Å². The van der Waals surface area contributed by atoms with Gasteiger partial charge in [0.2, 0.25) is 0 Å². The largest absolute Gasteiger partial charge is 0.480 e. The molecule has 1 rings (SSSR count). The van der Waals surface area contributed by atoms with Crippen LogP contribution in [0.5, 0.6) is 0 Å². The SMILES string of the molecule is CSCC[C@H](NC(=O)NC(C)c1ccsc1)C(=O)O. The molecular formula is C12H18N2O3S2. The summed E-state index contributed by atoms with van der Waals surface area (Å²) in [6.07, 6.45) is 2.31. The van der Waals surface area contributed by atoms with Gasteiger partial charge in [0.05, 0.1) is 6.04 Å². The Hall–Kier alpha value is -1.21. The van der Waals surface area contributed by atoms with Crippen molar-refractivity contribution in [1.82, 2.24) is 10.6 Å². The number of carbonyl (C=O) groups is 2. The lowest BCUT2D eigenvalue weighted by Crippen LogP contribution is -2.46. The van der Waals surface area contributed by atoms with Crippen molar-refractivity contribution >= 4 is 35.1 Å². The molecule has 0 spiro atoms. The van der Waals surface area contributed by atoms with E-state index in [-0.39, 0.29) is 6.04 Å². The Bertz CT molecular complexity index is 409. The van der Waals surface area contributed by atoms with Gasteiger partial charge in [-0.05, 0) is 47.7 Å². The number of hydrogen-bond donors (Lipinski definition) is 3. The topological polar surface area (TPSA) is 78.4 Å². The highest BCUT2D eigenvalue weighted by molar-refractivity contribution is 7.98. The van der Waals surface area contributed by atoms with Crippen LogP contribution < -0.4 is 10.6 Å². The summed E-state index contributed by atoms with van der Waals surface area (Å²) in [6, 6.07) is 0.494. The van der Waals surface area contributed by atoms with Crippen molar-refractivity contribution in [2.45, 2.75) is 25.4 Å². The number of aliphatic carboxylic acids is 1. The van der Waals surface area contributed by atoms with Crippen LogP contribution in [0, 0.1) is 0 Å². The van der Waals surface area contributed by atoms with Gasteiger partial charge in [0.15, 0.2) is 0 Å². The maximum absolute atomic E-state index is 11.7. The first-order valence-electron chi connectivity index (χ1n) is 5.85. The number of carbonyl (C=O) groups excluding carboxylic acids is 1. The molecule has 0 saturated heterocycles. The van der Waals surface area contributed by atoms with E-state index in [1.54, 1.807) is 23.1 Å². The van der Waals surface area contributed by atoms with E-state index in [0.717, 1.165) is 5.56 Å². The third-order valence-electron chi connectivity index (χ3n) is 2.60. The lowest BCUT2D eigenvalue weighted by molar-refractivity contribution is -0.139. The summed E-state index contributed by atoms with van der Waals surface area (Å²) in [5.41, 5.74) is 1.01. The van der Waals surface area contributed by atoms with E-state index in [1.165, 1.54) is 0 Å². The third-order valence-corrected chi connectivity index (χ3v) is 3.95. The van der Waals surface area contributed by atoms with E-state index in [2.05, 4.69) is 10.6 Å². The lowest BCUT2D eigenvalue weighted by Gasteiger charge is -2.17. The van der Waals surface area contributed by atoms with Crippen molar-refractivity contribution in [2.24, 2.45) is 0 Å². The molecular weight excluding hydrogens is 284 g/mol. The summed E-state index contributed by atoms with van der Waals surface area (Å²) >= 11 is 3.11. The summed E-state index contributed by atoms with van der Waals surface area (Å²) in [4.78, 5) is 22.7. The molecule has 19 heavy (non-hydrogen) atoms. The number of carboxylic acids is 1. The molecule has 0 aliphatic heterocycles. The fourth-order valence-electron chi connectivity index (χ4n) is 1.49. The van der Waals surface area contributed by atoms with Gasteiger partial charge in [-0.3, -0.25) is 0 Å².